The van der Waals surface area contributed by atoms with Crippen molar-refractivity contribution in [3.63, 3.8) is 0 Å². The van der Waals surface area contributed by atoms with Crippen molar-refractivity contribution >= 4 is 52.9 Å². The summed E-state index contributed by atoms with van der Waals surface area (Å²) in [5, 5.41) is 11.2. The third-order valence-electron chi connectivity index (χ3n) is 8.73. The van der Waals surface area contributed by atoms with Crippen LogP contribution in [0.25, 0.3) is 0 Å². The second-order valence-electron chi connectivity index (χ2n) is 13.2. The Hall–Kier alpha value is -6.70. The molecule has 0 unspecified atom stereocenters. The number of nitrogen functional groups attached to an aromatic ring is 2. The normalized spacial score (nSPS) is 12.9. The number of anilines is 2. The number of unbranched alkanes of at least 4 members (excludes halogenated alkanes) is 1. The zero-order chi connectivity index (χ0) is 39.7. The molecule has 0 saturated carbocycles. The van der Waals surface area contributed by atoms with Crippen LogP contribution in [0.5, 0.6) is 0 Å². The first-order chi connectivity index (χ1) is 26.4. The minimum atomic E-state index is -1.21. The van der Waals surface area contributed by atoms with Crippen LogP contribution in [0.4, 0.5) is 17.1 Å². The standard InChI is InChI=1S/C41H49N9O5/c1-2-3-12-34(48-37(52)29-9-5-4-6-10-29)38(53)49-35(23-27-15-19-31(43)20-16-27)40(55)50-36(24-28-8-7-11-32(22-28)47-41(44)45)39(54)46-33(25-51)21-26-13-17-30(42)18-14-26/h4-11,13-20,22,25,33-36H,2-3,12,21,23-24,42-43H2,1H3,(H,46,54)(H,48,52)(H,49,53)(H,50,55)(H4,44,45,47)/t33-,34-,35-,36-/m0/s1. The monoisotopic (exact) mass is 747 g/mol. The number of rotatable bonds is 19. The number of nitrogens with one attached hydrogen (secondary N) is 4. The molecule has 0 aromatic heterocycles. The van der Waals surface area contributed by atoms with Crippen LogP contribution in [0.15, 0.2) is 108 Å². The Kier molecular flexibility index (Phi) is 15.3. The highest BCUT2D eigenvalue weighted by Gasteiger charge is 2.31. The maximum atomic E-state index is 14.3. The maximum Gasteiger partial charge on any atom is 0.251 e. The number of guanidine groups is 1. The van der Waals surface area contributed by atoms with Crippen molar-refractivity contribution in [1.29, 1.82) is 0 Å². The Bertz CT molecular complexity index is 1930. The van der Waals surface area contributed by atoms with E-state index in [1.165, 1.54) is 0 Å². The van der Waals surface area contributed by atoms with E-state index in [4.69, 9.17) is 22.9 Å². The van der Waals surface area contributed by atoms with Gasteiger partial charge in [-0.2, -0.15) is 0 Å². The van der Waals surface area contributed by atoms with Gasteiger partial charge in [-0.3, -0.25) is 19.2 Å². The average molecular weight is 748 g/mol. The molecule has 55 heavy (non-hydrogen) atoms. The summed E-state index contributed by atoms with van der Waals surface area (Å²) in [7, 11) is 0. The van der Waals surface area contributed by atoms with Crippen LogP contribution in [-0.4, -0.2) is 60.0 Å². The van der Waals surface area contributed by atoms with E-state index in [0.29, 0.717) is 52.9 Å². The molecule has 4 amide bonds. The van der Waals surface area contributed by atoms with Crippen LogP contribution >= 0.6 is 0 Å². The molecule has 4 aromatic rings. The number of hydrogen-bond donors (Lipinski definition) is 8. The molecule has 14 nitrogen and oxygen atoms in total. The molecule has 4 atom stereocenters. The average Bonchev–Trinajstić information content (AvgIpc) is 3.17. The predicted octanol–water partition coefficient (Wildman–Crippen LogP) is 2.43. The molecule has 4 aromatic carbocycles. The highest BCUT2D eigenvalue weighted by molar-refractivity contribution is 5.99. The van der Waals surface area contributed by atoms with Crippen LogP contribution in [-0.2, 0) is 38.4 Å². The fourth-order valence-electron chi connectivity index (χ4n) is 5.82. The van der Waals surface area contributed by atoms with Crippen molar-refractivity contribution in [3.8, 4) is 0 Å². The number of aldehydes is 1. The number of amides is 4. The molecular formula is C41H49N9O5. The first-order valence-corrected chi connectivity index (χ1v) is 18.0. The molecule has 0 fully saturated rings. The summed E-state index contributed by atoms with van der Waals surface area (Å²) in [6.45, 7) is 1.97. The van der Waals surface area contributed by atoms with Crippen molar-refractivity contribution in [1.82, 2.24) is 21.3 Å². The van der Waals surface area contributed by atoms with Crippen molar-refractivity contribution in [2.24, 2.45) is 16.5 Å². The van der Waals surface area contributed by atoms with Gasteiger partial charge in [-0.15, -0.1) is 0 Å². The summed E-state index contributed by atoms with van der Waals surface area (Å²) >= 11 is 0. The van der Waals surface area contributed by atoms with Gasteiger partial charge in [0, 0.05) is 29.8 Å². The number of aliphatic imine (C=N–C) groups is 1. The predicted molar refractivity (Wildman–Crippen MR) is 214 cm³/mol. The van der Waals surface area contributed by atoms with Gasteiger partial charge in [-0.1, -0.05) is 74.4 Å². The van der Waals surface area contributed by atoms with Crippen LogP contribution in [0, 0.1) is 0 Å². The number of benzene rings is 4. The maximum absolute atomic E-state index is 14.3. The van der Waals surface area contributed by atoms with Crippen molar-refractivity contribution in [2.45, 2.75) is 69.6 Å². The van der Waals surface area contributed by atoms with E-state index in [1.807, 2.05) is 6.92 Å². The Labute approximate surface area is 320 Å². The van der Waals surface area contributed by atoms with Crippen LogP contribution in [0.3, 0.4) is 0 Å². The van der Waals surface area contributed by atoms with Crippen LogP contribution in [0.2, 0.25) is 0 Å². The summed E-state index contributed by atoms with van der Waals surface area (Å²) in [6, 6.07) is 24.8. The second kappa shape index (κ2) is 20.5. The number of carbonyl (C=O) groups is 5. The van der Waals surface area contributed by atoms with Gasteiger partial charge in [-0.25, -0.2) is 4.99 Å². The molecule has 0 radical (unpaired) electrons. The van der Waals surface area contributed by atoms with E-state index in [2.05, 4.69) is 26.3 Å². The molecule has 0 saturated heterocycles. The van der Waals surface area contributed by atoms with Gasteiger partial charge in [0.25, 0.3) is 5.91 Å². The molecule has 0 spiro atoms. The molecule has 4 rings (SSSR count). The van der Waals surface area contributed by atoms with Crippen molar-refractivity contribution in [2.75, 3.05) is 11.5 Å². The number of nitrogens with zero attached hydrogens (tertiary/aromatic N) is 1. The van der Waals surface area contributed by atoms with Crippen LogP contribution in [0.1, 0.15) is 53.2 Å². The zero-order valence-electron chi connectivity index (χ0n) is 30.7. The minimum Gasteiger partial charge on any atom is -0.399 e. The van der Waals surface area contributed by atoms with E-state index in [-0.39, 0.29) is 25.2 Å². The molecule has 288 valence electrons. The number of nitrogens with two attached hydrogens (primary N) is 4. The van der Waals surface area contributed by atoms with Gasteiger partial charge in [0.1, 0.15) is 24.4 Å². The molecule has 0 heterocycles. The van der Waals surface area contributed by atoms with E-state index < -0.39 is 47.8 Å². The lowest BCUT2D eigenvalue weighted by atomic mass is 10.0. The lowest BCUT2D eigenvalue weighted by Crippen LogP contribution is -2.58. The highest BCUT2D eigenvalue weighted by Crippen LogP contribution is 2.17. The fourth-order valence-corrected chi connectivity index (χ4v) is 5.82. The number of hydrogen-bond acceptors (Lipinski definition) is 8. The van der Waals surface area contributed by atoms with E-state index in [1.54, 1.807) is 103 Å². The third kappa shape index (κ3) is 13.3. The Morgan fingerprint density at radius 2 is 1.18 bits per heavy atom. The number of carbonyl (C=O) groups excluding carboxylic acids is 5. The van der Waals surface area contributed by atoms with Gasteiger partial charge in [-0.05, 0) is 78.1 Å². The summed E-state index contributed by atoms with van der Waals surface area (Å²) in [5.41, 5.74) is 26.8. The highest BCUT2D eigenvalue weighted by atomic mass is 16.2. The molecule has 0 aliphatic heterocycles. The molecule has 0 bridgehead atoms. The van der Waals surface area contributed by atoms with Crippen molar-refractivity contribution < 1.29 is 24.0 Å². The Morgan fingerprint density at radius 3 is 1.75 bits per heavy atom. The summed E-state index contributed by atoms with van der Waals surface area (Å²) in [6.07, 6.45) is 2.55. The third-order valence-corrected chi connectivity index (χ3v) is 8.73. The molecule has 14 heteroatoms. The van der Waals surface area contributed by atoms with Gasteiger partial charge < -0.3 is 49.0 Å². The first-order valence-electron chi connectivity index (χ1n) is 18.0. The SMILES string of the molecule is CCCC[C@H](NC(=O)c1ccccc1)C(=O)N[C@@H](Cc1ccc(N)cc1)C(=O)N[C@@H](Cc1cccc(N=C(N)N)c1)C(=O)N[C@H](C=O)Cc1ccc(N)cc1. The zero-order valence-corrected chi connectivity index (χ0v) is 30.7. The fraction of sp³-hybridized carbons (Fsp3) is 0.268. The first kappa shape index (κ1) is 41.1. The molecule has 0 aliphatic carbocycles. The molecule has 0 aliphatic rings. The molecular weight excluding hydrogens is 699 g/mol. The minimum absolute atomic E-state index is 0.0202. The van der Waals surface area contributed by atoms with Crippen LogP contribution < -0.4 is 44.2 Å². The van der Waals surface area contributed by atoms with Gasteiger partial charge in [0.2, 0.25) is 17.7 Å². The summed E-state index contributed by atoms with van der Waals surface area (Å²) < 4.78 is 0. The van der Waals surface area contributed by atoms with Gasteiger partial charge in [0.05, 0.1) is 11.7 Å². The second-order valence-corrected chi connectivity index (χ2v) is 13.2. The lowest BCUT2D eigenvalue weighted by Gasteiger charge is -2.26. The van der Waals surface area contributed by atoms with E-state index >= 15 is 0 Å². The lowest BCUT2D eigenvalue weighted by molar-refractivity contribution is -0.133. The largest absolute Gasteiger partial charge is 0.399 e. The summed E-state index contributed by atoms with van der Waals surface area (Å²) in [5.74, 6) is -2.46. The van der Waals surface area contributed by atoms with Gasteiger partial charge >= 0.3 is 0 Å². The van der Waals surface area contributed by atoms with Crippen molar-refractivity contribution in [3.05, 3.63) is 125 Å². The van der Waals surface area contributed by atoms with E-state index in [0.717, 1.165) is 12.0 Å². The summed E-state index contributed by atoms with van der Waals surface area (Å²) in [4.78, 5) is 71.5. The Morgan fingerprint density at radius 1 is 0.636 bits per heavy atom. The molecule has 12 N–H and O–H groups in total. The quantitative estimate of drug-likeness (QED) is 0.0303. The Balaban J connectivity index is 1.63. The van der Waals surface area contributed by atoms with E-state index in [9.17, 15) is 24.0 Å². The topological polar surface area (TPSA) is 250 Å². The van der Waals surface area contributed by atoms with Gasteiger partial charge in [0.15, 0.2) is 5.96 Å². The smallest absolute Gasteiger partial charge is 0.251 e.